The van der Waals surface area contributed by atoms with Gasteiger partial charge in [-0.15, -0.1) is 0 Å². The third-order valence-electron chi connectivity index (χ3n) is 3.62. The first kappa shape index (κ1) is 14.9. The summed E-state index contributed by atoms with van der Waals surface area (Å²) in [5, 5.41) is 9.72. The van der Waals surface area contributed by atoms with Crippen molar-refractivity contribution in [2.45, 2.75) is 46.1 Å². The van der Waals surface area contributed by atoms with Crippen LogP contribution in [0.3, 0.4) is 0 Å². The van der Waals surface area contributed by atoms with Gasteiger partial charge in [0.2, 0.25) is 0 Å². The Morgan fingerprint density at radius 1 is 1.15 bits per heavy atom. The number of unbranched alkanes of at least 4 members (excludes halogenated alkanes) is 2. The molecule has 0 aromatic carbocycles. The van der Waals surface area contributed by atoms with Gasteiger partial charge < -0.3 is 10.0 Å². The molecule has 0 atom stereocenters. The molecule has 2 aromatic heterocycles. The molecule has 4 heteroatoms. The Morgan fingerprint density at radius 2 is 1.85 bits per heavy atom. The molecule has 0 aliphatic carbocycles. The fourth-order valence-electron chi connectivity index (χ4n) is 2.46. The third kappa shape index (κ3) is 3.12. The van der Waals surface area contributed by atoms with E-state index < -0.39 is 0 Å². The summed E-state index contributed by atoms with van der Waals surface area (Å²) in [4.78, 5) is 7.04. The fraction of sp³-hybridized carbons (Fsp3) is 0.562. The van der Waals surface area contributed by atoms with Crippen LogP contribution in [0, 0.1) is 0 Å². The van der Waals surface area contributed by atoms with Gasteiger partial charge in [0.25, 0.3) is 0 Å². The Bertz CT molecular complexity index is 528. The first-order valence-corrected chi connectivity index (χ1v) is 7.63. The van der Waals surface area contributed by atoms with Gasteiger partial charge in [0, 0.05) is 19.3 Å². The van der Waals surface area contributed by atoms with Gasteiger partial charge in [-0.3, -0.25) is 4.40 Å². The molecule has 0 fully saturated rings. The van der Waals surface area contributed by atoms with Gasteiger partial charge in [0.1, 0.15) is 5.65 Å². The minimum absolute atomic E-state index is 0.0231. The molecule has 1 N–H and O–H groups in total. The monoisotopic (exact) mass is 275 g/mol. The second-order valence-electron chi connectivity index (χ2n) is 5.16. The number of fused-ring (bicyclic) bond motifs is 1. The van der Waals surface area contributed by atoms with Crippen molar-refractivity contribution in [3.05, 3.63) is 30.1 Å². The summed E-state index contributed by atoms with van der Waals surface area (Å²) in [7, 11) is 0. The zero-order chi connectivity index (χ0) is 14.4. The highest BCUT2D eigenvalue weighted by atomic mass is 16.3. The smallest absolute Gasteiger partial charge is 0.153 e. The summed E-state index contributed by atoms with van der Waals surface area (Å²) in [5.41, 5.74) is 1.80. The molecule has 0 aliphatic rings. The van der Waals surface area contributed by atoms with Crippen LogP contribution in [0.4, 0.5) is 5.82 Å². The Morgan fingerprint density at radius 3 is 2.45 bits per heavy atom. The van der Waals surface area contributed by atoms with Crippen LogP contribution in [0.25, 0.3) is 5.65 Å². The maximum absolute atomic E-state index is 9.72. The van der Waals surface area contributed by atoms with E-state index in [-0.39, 0.29) is 6.61 Å². The van der Waals surface area contributed by atoms with Crippen molar-refractivity contribution < 1.29 is 5.11 Å². The summed E-state index contributed by atoms with van der Waals surface area (Å²) in [6, 6.07) is 5.94. The lowest BCUT2D eigenvalue weighted by Crippen LogP contribution is -2.27. The van der Waals surface area contributed by atoms with Gasteiger partial charge in [-0.25, -0.2) is 4.98 Å². The number of pyridine rings is 1. The standard InChI is InChI=1S/C16H25N3O/c1-3-5-10-18(11-6-4-2)16-14(13-20)19-12-8-7-9-15(19)17-16/h7-9,12,20H,3-6,10-11,13H2,1-2H3. The molecule has 0 saturated carbocycles. The number of nitrogens with zero attached hydrogens (tertiary/aromatic N) is 3. The molecule has 2 aromatic rings. The Hall–Kier alpha value is -1.55. The van der Waals surface area contributed by atoms with Gasteiger partial charge in [0.05, 0.1) is 12.3 Å². The SMILES string of the molecule is CCCCN(CCCC)c1nc2ccccn2c1CO. The van der Waals surface area contributed by atoms with E-state index in [4.69, 9.17) is 4.98 Å². The van der Waals surface area contributed by atoms with Gasteiger partial charge >= 0.3 is 0 Å². The van der Waals surface area contributed by atoms with E-state index in [9.17, 15) is 5.11 Å². The molecule has 0 aliphatic heterocycles. The Labute approximate surface area is 121 Å². The van der Waals surface area contributed by atoms with Crippen molar-refractivity contribution >= 4 is 11.5 Å². The first-order valence-electron chi connectivity index (χ1n) is 7.63. The van der Waals surface area contributed by atoms with E-state index in [0.29, 0.717) is 0 Å². The number of rotatable bonds is 8. The second-order valence-corrected chi connectivity index (χ2v) is 5.16. The molecule has 4 nitrogen and oxygen atoms in total. The molecule has 0 amide bonds. The highest BCUT2D eigenvalue weighted by Gasteiger charge is 2.16. The normalized spacial score (nSPS) is 11.2. The molecule has 0 unspecified atom stereocenters. The van der Waals surface area contributed by atoms with Gasteiger partial charge in [-0.2, -0.15) is 0 Å². The number of aromatic nitrogens is 2. The van der Waals surface area contributed by atoms with Crippen molar-refractivity contribution in [3.63, 3.8) is 0 Å². The number of aliphatic hydroxyl groups is 1. The van der Waals surface area contributed by atoms with Crippen molar-refractivity contribution in [2.24, 2.45) is 0 Å². The maximum Gasteiger partial charge on any atom is 0.153 e. The molecule has 2 rings (SSSR count). The number of hydrogen-bond donors (Lipinski definition) is 1. The second kappa shape index (κ2) is 7.29. The van der Waals surface area contributed by atoms with Gasteiger partial charge in [0.15, 0.2) is 5.82 Å². The summed E-state index contributed by atoms with van der Waals surface area (Å²) in [5.74, 6) is 0.945. The minimum Gasteiger partial charge on any atom is -0.390 e. The molecule has 0 bridgehead atoms. The molecule has 2 heterocycles. The van der Waals surface area contributed by atoms with Crippen LogP contribution in [0.1, 0.15) is 45.2 Å². The van der Waals surface area contributed by atoms with E-state index in [1.54, 1.807) is 0 Å². The van der Waals surface area contributed by atoms with Crippen molar-refractivity contribution in [1.82, 2.24) is 9.38 Å². The summed E-state index contributed by atoms with van der Waals surface area (Å²) in [6.45, 7) is 6.44. The van der Waals surface area contributed by atoms with Crippen molar-refractivity contribution in [2.75, 3.05) is 18.0 Å². The number of anilines is 1. The molecular formula is C16H25N3O. The third-order valence-corrected chi connectivity index (χ3v) is 3.62. The minimum atomic E-state index is 0.0231. The lowest BCUT2D eigenvalue weighted by atomic mass is 10.2. The lowest BCUT2D eigenvalue weighted by Gasteiger charge is -2.23. The van der Waals surface area contributed by atoms with Crippen LogP contribution in [0.5, 0.6) is 0 Å². The maximum atomic E-state index is 9.72. The average Bonchev–Trinajstić information content (AvgIpc) is 2.85. The predicted octanol–water partition coefficient (Wildman–Crippen LogP) is 3.23. The highest BCUT2D eigenvalue weighted by molar-refractivity contribution is 5.55. The van der Waals surface area contributed by atoms with Gasteiger partial charge in [-0.05, 0) is 25.0 Å². The van der Waals surface area contributed by atoms with Crippen LogP contribution in [0.15, 0.2) is 24.4 Å². The van der Waals surface area contributed by atoms with Crippen molar-refractivity contribution in [3.8, 4) is 0 Å². The van der Waals surface area contributed by atoms with E-state index in [1.165, 1.54) is 12.8 Å². The summed E-state index contributed by atoms with van der Waals surface area (Å²) >= 11 is 0. The molecule has 110 valence electrons. The largest absolute Gasteiger partial charge is 0.390 e. The Kier molecular flexibility index (Phi) is 5.41. The Balaban J connectivity index is 2.35. The molecule has 20 heavy (non-hydrogen) atoms. The van der Waals surface area contributed by atoms with Crippen LogP contribution in [-0.2, 0) is 6.61 Å². The highest BCUT2D eigenvalue weighted by Crippen LogP contribution is 2.22. The number of imidazole rings is 1. The van der Waals surface area contributed by atoms with Crippen LogP contribution < -0.4 is 4.90 Å². The van der Waals surface area contributed by atoms with Crippen LogP contribution in [-0.4, -0.2) is 27.6 Å². The lowest BCUT2D eigenvalue weighted by molar-refractivity contribution is 0.276. The fourth-order valence-corrected chi connectivity index (χ4v) is 2.46. The molecule has 0 spiro atoms. The van der Waals surface area contributed by atoms with E-state index in [1.807, 2.05) is 28.8 Å². The number of aliphatic hydroxyl groups excluding tert-OH is 1. The van der Waals surface area contributed by atoms with Crippen LogP contribution >= 0.6 is 0 Å². The van der Waals surface area contributed by atoms with Crippen LogP contribution in [0.2, 0.25) is 0 Å². The summed E-state index contributed by atoms with van der Waals surface area (Å²) < 4.78 is 1.99. The van der Waals surface area contributed by atoms with Crippen molar-refractivity contribution in [1.29, 1.82) is 0 Å². The topological polar surface area (TPSA) is 40.8 Å². The average molecular weight is 275 g/mol. The zero-order valence-electron chi connectivity index (χ0n) is 12.5. The summed E-state index contributed by atoms with van der Waals surface area (Å²) in [6.07, 6.45) is 6.62. The predicted molar refractivity (Wildman–Crippen MR) is 83.1 cm³/mol. The van der Waals surface area contributed by atoms with E-state index in [0.717, 1.165) is 43.1 Å². The van der Waals surface area contributed by atoms with E-state index >= 15 is 0 Å². The number of hydrogen-bond acceptors (Lipinski definition) is 3. The quantitative estimate of drug-likeness (QED) is 0.804. The van der Waals surface area contributed by atoms with Gasteiger partial charge in [-0.1, -0.05) is 32.8 Å². The molecular weight excluding hydrogens is 250 g/mol. The van der Waals surface area contributed by atoms with E-state index in [2.05, 4.69) is 18.7 Å². The molecule has 0 radical (unpaired) electrons. The zero-order valence-corrected chi connectivity index (χ0v) is 12.5. The molecule has 0 saturated heterocycles. The first-order chi connectivity index (χ1) is 9.81.